The minimum atomic E-state index is -0.0478. The van der Waals surface area contributed by atoms with Crippen LogP contribution in [0.25, 0.3) is 27.8 Å². The highest BCUT2D eigenvalue weighted by molar-refractivity contribution is 14.1. The minimum absolute atomic E-state index is 0.0478. The first-order valence-corrected chi connectivity index (χ1v) is 11.8. The molecule has 3 aromatic heterocycles. The minimum Gasteiger partial charge on any atom is -0.236 e. The summed E-state index contributed by atoms with van der Waals surface area (Å²) in [7, 11) is 0. The van der Waals surface area contributed by atoms with Gasteiger partial charge < -0.3 is 0 Å². The number of aromatic nitrogens is 4. The molecule has 3 heterocycles. The fourth-order valence-electron chi connectivity index (χ4n) is 2.95. The smallest absolute Gasteiger partial charge is 0.166 e. The maximum Gasteiger partial charge on any atom is 0.166 e. The van der Waals surface area contributed by atoms with E-state index in [1.165, 1.54) is 0 Å². The molecule has 1 unspecified atom stereocenters. The Morgan fingerprint density at radius 2 is 1.87 bits per heavy atom. The number of hydrogen-bond acceptors (Lipinski definition) is 3. The van der Waals surface area contributed by atoms with Gasteiger partial charge in [-0.2, -0.15) is 9.61 Å². The Bertz CT molecular complexity index is 1250. The van der Waals surface area contributed by atoms with Gasteiger partial charge in [0.2, 0.25) is 0 Å². The fourth-order valence-corrected chi connectivity index (χ4v) is 3.41. The molecule has 0 bridgehead atoms. The summed E-state index contributed by atoms with van der Waals surface area (Å²) in [5, 5.41) is 6.07. The molecule has 4 rings (SSSR count). The lowest BCUT2D eigenvalue weighted by molar-refractivity contribution is 0.563. The van der Waals surface area contributed by atoms with Gasteiger partial charge in [-0.05, 0) is 18.6 Å². The van der Waals surface area contributed by atoms with E-state index in [0.717, 1.165) is 39.9 Å². The van der Waals surface area contributed by atoms with Crippen LogP contribution in [0.4, 0.5) is 0 Å². The summed E-state index contributed by atoms with van der Waals surface area (Å²) < 4.78 is 2.47. The van der Waals surface area contributed by atoms with Gasteiger partial charge >= 0.3 is 0 Å². The van der Waals surface area contributed by atoms with E-state index >= 15 is 0 Å². The second-order valence-corrected chi connectivity index (χ2v) is 10.8. The summed E-state index contributed by atoms with van der Waals surface area (Å²) in [5.74, 6) is 5.83. The van der Waals surface area contributed by atoms with Crippen LogP contribution in [0.3, 0.4) is 0 Å². The molecule has 6 heteroatoms. The van der Waals surface area contributed by atoms with Crippen molar-refractivity contribution in [3.05, 3.63) is 59.5 Å². The Labute approximate surface area is 202 Å². The first kappa shape index (κ1) is 23.5. The van der Waals surface area contributed by atoms with E-state index in [2.05, 4.69) is 77.2 Å². The number of nitrogens with zero attached hydrogens (tertiary/aromatic N) is 4. The number of rotatable bonds is 2. The molecule has 0 aliphatic rings. The first-order valence-electron chi connectivity index (χ1n) is 10.2. The maximum atomic E-state index is 6.46. The van der Waals surface area contributed by atoms with Gasteiger partial charge in [0.25, 0.3) is 0 Å². The summed E-state index contributed by atoms with van der Waals surface area (Å²) >= 11 is 8.83. The monoisotopic (exact) mass is 544 g/mol. The Hall–Kier alpha value is -2.17. The molecule has 1 aromatic carbocycles. The molecule has 0 aliphatic heterocycles. The lowest BCUT2D eigenvalue weighted by Crippen LogP contribution is -2.12. The largest absolute Gasteiger partial charge is 0.236 e. The summed E-state index contributed by atoms with van der Waals surface area (Å²) in [4.78, 5) is 9.13. The molecule has 160 valence electrons. The molecule has 0 saturated heterocycles. The molecular formula is C25H26ClIN4. The Morgan fingerprint density at radius 3 is 2.45 bits per heavy atom. The van der Waals surface area contributed by atoms with Crippen LogP contribution >= 0.6 is 34.2 Å². The van der Waals surface area contributed by atoms with Gasteiger partial charge in [-0.3, -0.25) is 0 Å². The van der Waals surface area contributed by atoms with E-state index in [1.807, 2.05) is 55.6 Å². The summed E-state index contributed by atoms with van der Waals surface area (Å²) in [6.07, 6.45) is 2.85. The Kier molecular flexibility index (Phi) is 7.55. The van der Waals surface area contributed by atoms with Gasteiger partial charge in [-0.1, -0.05) is 92.2 Å². The van der Waals surface area contributed by atoms with Crippen molar-refractivity contribution in [2.45, 2.75) is 50.4 Å². The van der Waals surface area contributed by atoms with Crippen molar-refractivity contribution in [3.63, 3.8) is 0 Å². The predicted molar refractivity (Wildman–Crippen MR) is 139 cm³/mol. The third-order valence-corrected chi connectivity index (χ3v) is 5.35. The van der Waals surface area contributed by atoms with Gasteiger partial charge in [0.1, 0.15) is 5.15 Å². The van der Waals surface area contributed by atoms with Crippen molar-refractivity contribution in [2.75, 3.05) is 0 Å². The van der Waals surface area contributed by atoms with Gasteiger partial charge in [-0.25, -0.2) is 9.97 Å². The van der Waals surface area contributed by atoms with Crippen LogP contribution in [0, 0.1) is 11.8 Å². The van der Waals surface area contributed by atoms with Crippen molar-refractivity contribution in [3.8, 4) is 23.0 Å². The number of fused-ring (bicyclic) bond motifs is 3. The Morgan fingerprint density at radius 1 is 1.16 bits per heavy atom. The molecule has 4 nitrogen and oxygen atoms in total. The SMILES string of the molecule is CC#CCC(C)I.CC(C)(C)c1cc2ncc3cc(-c4ccccc4)c(Cl)nc3n2n1. The summed E-state index contributed by atoms with van der Waals surface area (Å²) in [6.45, 7) is 10.4. The van der Waals surface area contributed by atoms with Crippen LogP contribution in [-0.4, -0.2) is 23.5 Å². The molecule has 0 saturated carbocycles. The molecule has 1 atom stereocenters. The van der Waals surface area contributed by atoms with Crippen LogP contribution in [-0.2, 0) is 5.41 Å². The quantitative estimate of drug-likeness (QED) is 0.117. The second kappa shape index (κ2) is 9.97. The number of halogens is 2. The third-order valence-electron chi connectivity index (χ3n) is 4.62. The summed E-state index contributed by atoms with van der Waals surface area (Å²) in [6, 6.07) is 14.0. The van der Waals surface area contributed by atoms with Gasteiger partial charge in [-0.15, -0.1) is 11.8 Å². The average molecular weight is 545 g/mol. The molecule has 0 fully saturated rings. The lowest BCUT2D eigenvalue weighted by Gasteiger charge is -2.13. The van der Waals surface area contributed by atoms with Crippen molar-refractivity contribution in [1.82, 2.24) is 19.6 Å². The topological polar surface area (TPSA) is 43.1 Å². The molecule has 4 aromatic rings. The second-order valence-electron chi connectivity index (χ2n) is 8.33. The highest BCUT2D eigenvalue weighted by Crippen LogP contribution is 2.30. The zero-order valence-electron chi connectivity index (χ0n) is 18.4. The van der Waals surface area contributed by atoms with E-state index in [1.54, 1.807) is 4.52 Å². The van der Waals surface area contributed by atoms with Gasteiger partial charge in [0.15, 0.2) is 11.3 Å². The predicted octanol–water partition coefficient (Wildman–Crippen LogP) is 7.12. The molecule has 0 radical (unpaired) electrons. The molecule has 0 aliphatic carbocycles. The van der Waals surface area contributed by atoms with E-state index in [0.29, 0.717) is 9.08 Å². The van der Waals surface area contributed by atoms with Crippen molar-refractivity contribution < 1.29 is 0 Å². The summed E-state index contributed by atoms with van der Waals surface area (Å²) in [5.41, 5.74) is 4.37. The maximum absolute atomic E-state index is 6.46. The molecule has 0 spiro atoms. The molecule has 31 heavy (non-hydrogen) atoms. The average Bonchev–Trinajstić information content (AvgIpc) is 3.18. The Balaban J connectivity index is 0.000000339. The van der Waals surface area contributed by atoms with Crippen molar-refractivity contribution in [1.29, 1.82) is 0 Å². The highest BCUT2D eigenvalue weighted by atomic mass is 127. The fraction of sp³-hybridized carbons (Fsp3) is 0.320. The van der Waals surface area contributed by atoms with Crippen molar-refractivity contribution >= 4 is 50.9 Å². The lowest BCUT2D eigenvalue weighted by atomic mass is 9.93. The number of benzene rings is 1. The van der Waals surface area contributed by atoms with Crippen LogP contribution < -0.4 is 0 Å². The number of pyridine rings is 1. The van der Waals surface area contributed by atoms with Crippen molar-refractivity contribution in [2.24, 2.45) is 0 Å². The number of alkyl halides is 1. The van der Waals surface area contributed by atoms with E-state index < -0.39 is 0 Å². The van der Waals surface area contributed by atoms with Crippen LogP contribution in [0.5, 0.6) is 0 Å². The molecular weight excluding hydrogens is 519 g/mol. The zero-order valence-corrected chi connectivity index (χ0v) is 21.4. The van der Waals surface area contributed by atoms with Crippen LogP contribution in [0.1, 0.15) is 46.7 Å². The van der Waals surface area contributed by atoms with Crippen LogP contribution in [0.2, 0.25) is 5.15 Å². The normalized spacial score (nSPS) is 12.1. The molecule has 0 N–H and O–H groups in total. The highest BCUT2D eigenvalue weighted by Gasteiger charge is 2.19. The van der Waals surface area contributed by atoms with Gasteiger partial charge in [0.05, 0.1) is 5.69 Å². The molecule has 0 amide bonds. The standard InChI is InChI=1S/C19H17ClN4.C6H9I/c1-19(2,3)15-10-16-21-11-13-9-14(12-7-5-4-6-8-12)17(20)22-18(13)24(16)23-15;1-3-4-5-6(2)7/h4-11H,1-3H3;6H,5H2,1-2H3. The van der Waals surface area contributed by atoms with Crippen LogP contribution in [0.15, 0.2) is 48.7 Å². The first-order chi connectivity index (χ1) is 14.7. The van der Waals surface area contributed by atoms with E-state index in [-0.39, 0.29) is 5.41 Å². The third kappa shape index (κ3) is 5.75. The van der Waals surface area contributed by atoms with E-state index in [9.17, 15) is 0 Å². The zero-order chi connectivity index (χ0) is 22.6. The van der Waals surface area contributed by atoms with E-state index in [4.69, 9.17) is 11.6 Å². The van der Waals surface area contributed by atoms with Gasteiger partial charge in [0, 0.05) is 39.0 Å². The number of hydrogen-bond donors (Lipinski definition) is 0.